The molecule has 8 nitrogen and oxygen atoms in total. The molecule has 0 atom stereocenters. The van der Waals surface area contributed by atoms with Gasteiger partial charge in [-0.15, -0.1) is 0 Å². The molecule has 0 aliphatic rings. The van der Waals surface area contributed by atoms with Gasteiger partial charge in [0, 0.05) is 16.8 Å². The smallest absolute Gasteiger partial charge is 0.339 e. The van der Waals surface area contributed by atoms with Crippen molar-refractivity contribution in [2.75, 3.05) is 22.9 Å². The highest BCUT2D eigenvalue weighted by atomic mass is 16.5. The zero-order chi connectivity index (χ0) is 22.1. The minimum absolute atomic E-state index is 0.0205. The minimum Gasteiger partial charge on any atom is -0.478 e. The van der Waals surface area contributed by atoms with Gasteiger partial charge in [0.15, 0.2) is 0 Å². The Morgan fingerprint density at radius 3 is 1.81 bits per heavy atom. The fourth-order valence-electron chi connectivity index (χ4n) is 3.17. The number of rotatable bonds is 5. The lowest BCUT2D eigenvalue weighted by Crippen LogP contribution is -2.02. The highest BCUT2D eigenvalue weighted by molar-refractivity contribution is 6.00. The monoisotopic (exact) mass is 416 g/mol. The Labute approximate surface area is 177 Å². The molecule has 4 aromatic rings. The maximum atomic E-state index is 11.9. The zero-order valence-corrected chi connectivity index (χ0v) is 16.3. The van der Waals surface area contributed by atoms with Crippen LogP contribution in [0, 0.1) is 0 Å². The normalized spacial score (nSPS) is 10.7. The molecule has 0 aromatic heterocycles. The Hall–Kier alpha value is -4.59. The van der Waals surface area contributed by atoms with Crippen molar-refractivity contribution in [2.45, 2.75) is 0 Å². The van der Waals surface area contributed by atoms with Gasteiger partial charge in [0.2, 0.25) is 0 Å². The van der Waals surface area contributed by atoms with Crippen molar-refractivity contribution in [1.82, 2.24) is 0 Å². The van der Waals surface area contributed by atoms with Crippen molar-refractivity contribution >= 4 is 39.5 Å². The number of carbonyl (C=O) groups is 1. The largest absolute Gasteiger partial charge is 0.478 e. The molecule has 0 fully saturated rings. The molecule has 0 unspecified atom stereocenters. The van der Waals surface area contributed by atoms with Crippen molar-refractivity contribution in [2.24, 2.45) is 0 Å². The van der Waals surface area contributed by atoms with Crippen LogP contribution in [0.1, 0.15) is 10.4 Å². The van der Waals surface area contributed by atoms with Gasteiger partial charge >= 0.3 is 5.97 Å². The molecule has 0 aliphatic carbocycles. The molecule has 8 heteroatoms. The summed E-state index contributed by atoms with van der Waals surface area (Å²) in [6, 6.07) is 18.1. The van der Waals surface area contributed by atoms with Crippen LogP contribution in [0.25, 0.3) is 10.8 Å². The SMILES string of the molecule is Nc1ccc(Oc2cc3c(Oc4ccc(N)cc4N)cccc3cc2C(=O)O)c(N)c1. The standard InChI is InChI=1S/C23H20N4O4/c24-13-4-6-20(17(26)9-13)30-19-3-1-2-12-8-16(23(28)29)22(11-15(12)19)31-21-7-5-14(25)10-18(21)27/h1-11H,24-27H2,(H,28,29). The quantitative estimate of drug-likeness (QED) is 0.298. The van der Waals surface area contributed by atoms with Crippen LogP contribution in [0.2, 0.25) is 0 Å². The number of benzene rings is 4. The second-order valence-electron chi connectivity index (χ2n) is 6.93. The molecule has 0 saturated carbocycles. The summed E-state index contributed by atoms with van der Waals surface area (Å²) in [5, 5.41) is 11.0. The lowest BCUT2D eigenvalue weighted by molar-refractivity contribution is 0.0694. The Morgan fingerprint density at radius 1 is 0.677 bits per heavy atom. The van der Waals surface area contributed by atoms with Crippen molar-refractivity contribution < 1.29 is 19.4 Å². The average Bonchev–Trinajstić information content (AvgIpc) is 2.72. The molecule has 9 N–H and O–H groups in total. The van der Waals surface area contributed by atoms with Gasteiger partial charge in [-0.05, 0) is 60.0 Å². The van der Waals surface area contributed by atoms with E-state index in [0.717, 1.165) is 0 Å². The van der Waals surface area contributed by atoms with Gasteiger partial charge < -0.3 is 37.5 Å². The summed E-state index contributed by atoms with van der Waals surface area (Å²) < 4.78 is 11.8. The van der Waals surface area contributed by atoms with Crippen LogP contribution < -0.4 is 32.4 Å². The Kier molecular flexibility index (Phi) is 4.88. The van der Waals surface area contributed by atoms with Crippen LogP contribution in [0.5, 0.6) is 23.0 Å². The van der Waals surface area contributed by atoms with Crippen LogP contribution in [0.4, 0.5) is 22.7 Å². The van der Waals surface area contributed by atoms with E-state index >= 15 is 0 Å². The zero-order valence-electron chi connectivity index (χ0n) is 16.3. The number of aromatic carboxylic acids is 1. The Bertz CT molecular complexity index is 1320. The number of nitrogen functional groups attached to an aromatic ring is 4. The third kappa shape index (κ3) is 3.95. The maximum Gasteiger partial charge on any atom is 0.339 e. The minimum atomic E-state index is -1.14. The summed E-state index contributed by atoms with van der Waals surface area (Å²) in [7, 11) is 0. The molecular formula is C23H20N4O4. The van der Waals surface area contributed by atoms with E-state index in [-0.39, 0.29) is 22.7 Å². The molecule has 0 radical (unpaired) electrons. The number of hydrogen-bond acceptors (Lipinski definition) is 7. The molecule has 31 heavy (non-hydrogen) atoms. The molecule has 0 heterocycles. The van der Waals surface area contributed by atoms with Crippen LogP contribution in [-0.4, -0.2) is 11.1 Å². The molecule has 0 spiro atoms. The van der Waals surface area contributed by atoms with Gasteiger partial charge in [-0.3, -0.25) is 0 Å². The molecular weight excluding hydrogens is 396 g/mol. The van der Waals surface area contributed by atoms with E-state index in [1.165, 1.54) is 12.1 Å². The molecule has 0 amide bonds. The number of ether oxygens (including phenoxy) is 2. The van der Waals surface area contributed by atoms with Crippen LogP contribution >= 0.6 is 0 Å². The fraction of sp³-hybridized carbons (Fsp3) is 0. The maximum absolute atomic E-state index is 11.9. The highest BCUT2D eigenvalue weighted by Crippen LogP contribution is 2.39. The highest BCUT2D eigenvalue weighted by Gasteiger charge is 2.17. The van der Waals surface area contributed by atoms with E-state index in [1.54, 1.807) is 54.6 Å². The van der Waals surface area contributed by atoms with Gasteiger partial charge in [0.25, 0.3) is 0 Å². The molecule has 0 aliphatic heterocycles. The third-order valence-electron chi connectivity index (χ3n) is 4.68. The second-order valence-corrected chi connectivity index (χ2v) is 6.93. The van der Waals surface area contributed by atoms with Crippen molar-refractivity contribution in [1.29, 1.82) is 0 Å². The molecule has 156 valence electrons. The first-order valence-corrected chi connectivity index (χ1v) is 9.27. The first-order chi connectivity index (χ1) is 14.8. The number of fused-ring (bicyclic) bond motifs is 1. The average molecular weight is 416 g/mol. The van der Waals surface area contributed by atoms with E-state index in [0.29, 0.717) is 39.3 Å². The summed E-state index contributed by atoms with van der Waals surface area (Å²) in [6.07, 6.45) is 0. The van der Waals surface area contributed by atoms with Gasteiger partial charge in [0.1, 0.15) is 28.6 Å². The summed E-state index contributed by atoms with van der Waals surface area (Å²) in [6.45, 7) is 0. The molecule has 4 rings (SSSR count). The summed E-state index contributed by atoms with van der Waals surface area (Å²) in [4.78, 5) is 11.9. The first kappa shape index (κ1) is 19.7. The van der Waals surface area contributed by atoms with Gasteiger partial charge in [-0.25, -0.2) is 4.79 Å². The molecule has 4 aromatic carbocycles. The number of carboxylic acid groups (broad SMARTS) is 1. The van der Waals surface area contributed by atoms with Gasteiger partial charge in [-0.2, -0.15) is 0 Å². The van der Waals surface area contributed by atoms with Gasteiger partial charge in [-0.1, -0.05) is 12.1 Å². The van der Waals surface area contributed by atoms with E-state index in [4.69, 9.17) is 32.4 Å². The van der Waals surface area contributed by atoms with Crippen molar-refractivity contribution in [3.8, 4) is 23.0 Å². The fourth-order valence-corrected chi connectivity index (χ4v) is 3.17. The number of carboxylic acids is 1. The van der Waals surface area contributed by atoms with E-state index in [9.17, 15) is 9.90 Å². The van der Waals surface area contributed by atoms with Crippen LogP contribution in [0.3, 0.4) is 0 Å². The summed E-state index contributed by atoms with van der Waals surface area (Å²) >= 11 is 0. The Morgan fingerprint density at radius 2 is 1.26 bits per heavy atom. The summed E-state index contributed by atoms with van der Waals surface area (Å²) in [5.41, 5.74) is 25.1. The second kappa shape index (κ2) is 7.68. The first-order valence-electron chi connectivity index (χ1n) is 9.27. The Balaban J connectivity index is 1.82. The lowest BCUT2D eigenvalue weighted by atomic mass is 10.0. The molecule has 0 saturated heterocycles. The van der Waals surface area contributed by atoms with E-state index < -0.39 is 5.97 Å². The van der Waals surface area contributed by atoms with Crippen molar-refractivity contribution in [3.63, 3.8) is 0 Å². The van der Waals surface area contributed by atoms with Gasteiger partial charge in [0.05, 0.1) is 11.4 Å². The lowest BCUT2D eigenvalue weighted by Gasteiger charge is -2.15. The summed E-state index contributed by atoms with van der Waals surface area (Å²) in [5.74, 6) is 0.158. The molecule has 0 bridgehead atoms. The predicted octanol–water partition coefficient (Wildman–Crippen LogP) is 4.45. The van der Waals surface area contributed by atoms with E-state index in [2.05, 4.69) is 0 Å². The van der Waals surface area contributed by atoms with E-state index in [1.807, 2.05) is 0 Å². The predicted molar refractivity (Wildman–Crippen MR) is 122 cm³/mol. The number of hydrogen-bond donors (Lipinski definition) is 5. The van der Waals surface area contributed by atoms with Crippen LogP contribution in [0.15, 0.2) is 66.7 Å². The number of nitrogens with two attached hydrogens (primary N) is 4. The third-order valence-corrected chi connectivity index (χ3v) is 4.68. The van der Waals surface area contributed by atoms with Crippen molar-refractivity contribution in [3.05, 3.63) is 72.3 Å². The number of anilines is 4. The topological polar surface area (TPSA) is 160 Å². The van der Waals surface area contributed by atoms with Crippen LogP contribution in [-0.2, 0) is 0 Å².